The van der Waals surface area contributed by atoms with Crippen molar-refractivity contribution in [3.63, 3.8) is 0 Å². The highest BCUT2D eigenvalue weighted by Crippen LogP contribution is 2.39. The number of rotatable bonds is 2. The lowest BCUT2D eigenvalue weighted by molar-refractivity contribution is 0.382. The molecule has 0 aliphatic heterocycles. The van der Waals surface area contributed by atoms with Crippen molar-refractivity contribution in [1.29, 1.82) is 0 Å². The third-order valence-corrected chi connectivity index (χ3v) is 4.70. The van der Waals surface area contributed by atoms with Crippen LogP contribution < -0.4 is 5.73 Å². The van der Waals surface area contributed by atoms with Gasteiger partial charge in [-0.1, -0.05) is 15.9 Å². The summed E-state index contributed by atoms with van der Waals surface area (Å²) in [4.78, 5) is 0.318. The highest BCUT2D eigenvalue weighted by atomic mass is 79.9. The number of hydrogen-bond donors (Lipinski definition) is 1. The molecular weight excluding hydrogens is 311 g/mol. The molecule has 2 aliphatic carbocycles. The normalized spacial score (nSPS) is 39.8. The second-order valence-corrected chi connectivity index (χ2v) is 6.56. The van der Waals surface area contributed by atoms with Crippen LogP contribution >= 0.6 is 27.5 Å². The molecule has 0 amide bonds. The molecule has 2 N–H and O–H groups in total. The van der Waals surface area contributed by atoms with Gasteiger partial charge in [-0.25, -0.2) is 8.78 Å². The molecule has 0 spiro atoms. The first-order valence-electron chi connectivity index (χ1n) is 5.74. The van der Waals surface area contributed by atoms with Gasteiger partial charge in [0.25, 0.3) is 0 Å². The van der Waals surface area contributed by atoms with Crippen LogP contribution in [0.5, 0.6) is 0 Å². The molecule has 1 nitrogen and oxygen atoms in total. The Balaban J connectivity index is 2.14. The maximum absolute atomic E-state index is 13.6. The average molecular weight is 327 g/mol. The van der Waals surface area contributed by atoms with Crippen molar-refractivity contribution in [1.82, 2.24) is 0 Å². The maximum Gasteiger partial charge on any atom is 0.123 e. The number of hydrogen-bond acceptors (Lipinski definition) is 1. The lowest BCUT2D eigenvalue weighted by Crippen LogP contribution is -2.36. The summed E-state index contributed by atoms with van der Waals surface area (Å²) < 4.78 is 26.9. The summed E-state index contributed by atoms with van der Waals surface area (Å²) in [5.74, 6) is -0.398. The van der Waals surface area contributed by atoms with Crippen LogP contribution in [0.2, 0.25) is 0 Å². The summed E-state index contributed by atoms with van der Waals surface area (Å²) in [6.07, 6.45) is 3.15. The smallest absolute Gasteiger partial charge is 0.123 e. The zero-order valence-corrected chi connectivity index (χ0v) is 11.6. The number of halogens is 4. The molecule has 0 radical (unpaired) electrons. The van der Waals surface area contributed by atoms with E-state index in [0.717, 1.165) is 12.8 Å². The van der Waals surface area contributed by atoms with E-state index in [1.807, 2.05) is 0 Å². The van der Waals surface area contributed by atoms with Crippen LogP contribution in [0.15, 0.2) is 23.6 Å². The Bertz CT molecular complexity index is 358. The minimum absolute atomic E-state index is 0.00302. The largest absolute Gasteiger partial charge is 0.324 e. The van der Waals surface area contributed by atoms with Gasteiger partial charge in [-0.2, -0.15) is 0 Å². The second-order valence-electron chi connectivity index (χ2n) is 4.70. The molecule has 5 atom stereocenters. The Hall–Kier alpha value is 0.0700. The monoisotopic (exact) mass is 325 g/mol. The standard InChI is InChI=1S/C12H15BrClF2N/c13-6-3-8(10(14)4-6)12(17)9-5-7(15)1-2-11(9)16/h2,5-8,10,12H,1,3-4,17H2. The predicted octanol–water partition coefficient (Wildman–Crippen LogP) is 3.62. The van der Waals surface area contributed by atoms with Crippen molar-refractivity contribution in [2.45, 2.75) is 41.7 Å². The van der Waals surface area contributed by atoms with Crippen LogP contribution in [-0.2, 0) is 0 Å². The summed E-state index contributed by atoms with van der Waals surface area (Å²) in [6, 6.07) is -0.519. The van der Waals surface area contributed by atoms with E-state index in [-0.39, 0.29) is 23.3 Å². The van der Waals surface area contributed by atoms with E-state index in [1.165, 1.54) is 12.2 Å². The van der Waals surface area contributed by atoms with Crippen molar-refractivity contribution in [3.05, 3.63) is 23.6 Å². The van der Waals surface area contributed by atoms with Crippen molar-refractivity contribution in [2.75, 3.05) is 0 Å². The minimum atomic E-state index is -1.13. The third-order valence-electron chi connectivity index (χ3n) is 3.45. The van der Waals surface area contributed by atoms with E-state index in [9.17, 15) is 8.78 Å². The Kier molecular flexibility index (Phi) is 4.26. The molecule has 1 saturated carbocycles. The van der Waals surface area contributed by atoms with Crippen molar-refractivity contribution in [2.24, 2.45) is 11.7 Å². The fourth-order valence-electron chi connectivity index (χ4n) is 2.51. The van der Waals surface area contributed by atoms with Gasteiger partial charge in [0.05, 0.1) is 0 Å². The first-order valence-corrected chi connectivity index (χ1v) is 7.09. The molecule has 0 aromatic heterocycles. The predicted molar refractivity (Wildman–Crippen MR) is 69.8 cm³/mol. The summed E-state index contributed by atoms with van der Waals surface area (Å²) in [5.41, 5.74) is 6.32. The van der Waals surface area contributed by atoms with Crippen molar-refractivity contribution in [3.8, 4) is 0 Å². The maximum atomic E-state index is 13.6. The molecule has 0 saturated heterocycles. The zero-order valence-electron chi connectivity index (χ0n) is 9.25. The van der Waals surface area contributed by atoms with Gasteiger partial charge >= 0.3 is 0 Å². The third kappa shape index (κ3) is 2.91. The molecule has 1 fully saturated rings. The molecule has 17 heavy (non-hydrogen) atoms. The van der Waals surface area contributed by atoms with Gasteiger partial charge in [-0.05, 0) is 30.9 Å². The fraction of sp³-hybridized carbons (Fsp3) is 0.667. The Labute approximate surface area is 113 Å². The summed E-state index contributed by atoms with van der Waals surface area (Å²) >= 11 is 9.69. The summed E-state index contributed by atoms with van der Waals surface area (Å²) in [6.45, 7) is 0. The summed E-state index contributed by atoms with van der Waals surface area (Å²) in [5, 5.41) is -0.0805. The minimum Gasteiger partial charge on any atom is -0.324 e. The van der Waals surface area contributed by atoms with Crippen LogP contribution in [0, 0.1) is 5.92 Å². The van der Waals surface area contributed by atoms with Crippen LogP contribution in [0.3, 0.4) is 0 Å². The van der Waals surface area contributed by atoms with Crippen molar-refractivity contribution < 1.29 is 8.78 Å². The van der Waals surface area contributed by atoms with Gasteiger partial charge < -0.3 is 5.73 Å². The van der Waals surface area contributed by atoms with E-state index in [4.69, 9.17) is 17.3 Å². The highest BCUT2D eigenvalue weighted by Gasteiger charge is 2.38. The molecule has 5 heteroatoms. The summed E-state index contributed by atoms with van der Waals surface area (Å²) in [7, 11) is 0. The quantitative estimate of drug-likeness (QED) is 0.771. The van der Waals surface area contributed by atoms with Gasteiger partial charge in [0.2, 0.25) is 0 Å². The highest BCUT2D eigenvalue weighted by molar-refractivity contribution is 9.09. The van der Waals surface area contributed by atoms with E-state index in [2.05, 4.69) is 15.9 Å². The molecular formula is C12H15BrClF2N. The SMILES string of the molecule is NC(C1=CC(F)CC=C1F)C1CC(Br)CC1Cl. The van der Waals surface area contributed by atoms with Crippen LogP contribution in [-0.4, -0.2) is 22.4 Å². The van der Waals surface area contributed by atoms with E-state index < -0.39 is 18.0 Å². The molecule has 0 bridgehead atoms. The van der Waals surface area contributed by atoms with Gasteiger partial charge in [0, 0.05) is 28.2 Å². The second kappa shape index (κ2) is 5.37. The van der Waals surface area contributed by atoms with E-state index in [0.29, 0.717) is 4.83 Å². The number of alkyl halides is 3. The first kappa shape index (κ1) is 13.5. The molecule has 96 valence electrons. The van der Waals surface area contributed by atoms with Crippen LogP contribution in [0.1, 0.15) is 19.3 Å². The fourth-order valence-corrected chi connectivity index (χ4v) is 4.03. The van der Waals surface area contributed by atoms with Crippen LogP contribution in [0.4, 0.5) is 8.78 Å². The lowest BCUT2D eigenvalue weighted by atomic mass is 9.88. The lowest BCUT2D eigenvalue weighted by Gasteiger charge is -2.26. The molecule has 0 heterocycles. The van der Waals surface area contributed by atoms with Gasteiger partial charge in [0.15, 0.2) is 0 Å². The van der Waals surface area contributed by atoms with E-state index >= 15 is 0 Å². The average Bonchev–Trinajstić information content (AvgIpc) is 2.60. The molecule has 0 aromatic carbocycles. The van der Waals surface area contributed by atoms with Crippen molar-refractivity contribution >= 4 is 27.5 Å². The zero-order chi connectivity index (χ0) is 12.6. The molecule has 2 aliphatic rings. The molecule has 5 unspecified atom stereocenters. The Morgan fingerprint density at radius 3 is 2.76 bits per heavy atom. The first-order chi connectivity index (χ1) is 7.99. The van der Waals surface area contributed by atoms with Gasteiger partial charge in [0.1, 0.15) is 12.0 Å². The topological polar surface area (TPSA) is 26.0 Å². The van der Waals surface area contributed by atoms with Crippen LogP contribution in [0.25, 0.3) is 0 Å². The van der Waals surface area contributed by atoms with Gasteiger partial charge in [-0.3, -0.25) is 0 Å². The Morgan fingerprint density at radius 2 is 2.18 bits per heavy atom. The van der Waals surface area contributed by atoms with Gasteiger partial charge in [-0.15, -0.1) is 11.6 Å². The molecule has 2 rings (SSSR count). The number of allylic oxidation sites excluding steroid dienone is 2. The molecule has 0 aromatic rings. The number of nitrogens with two attached hydrogens (primary N) is 1. The van der Waals surface area contributed by atoms with E-state index in [1.54, 1.807) is 0 Å². The Morgan fingerprint density at radius 1 is 1.47 bits per heavy atom.